The van der Waals surface area contributed by atoms with E-state index < -0.39 is 15.9 Å². The number of anilines is 1. The molecule has 0 saturated carbocycles. The van der Waals surface area contributed by atoms with Gasteiger partial charge in [-0.15, -0.1) is 0 Å². The lowest BCUT2D eigenvalue weighted by Crippen LogP contribution is -2.42. The number of rotatable bonds is 5. The number of carbonyl (C=O) groups excluding carboxylic acids is 1. The van der Waals surface area contributed by atoms with Crippen molar-refractivity contribution in [1.82, 2.24) is 19.1 Å². The minimum atomic E-state index is -3.81. The highest BCUT2D eigenvalue weighted by molar-refractivity contribution is 7.89. The number of pyridine rings is 1. The van der Waals surface area contributed by atoms with E-state index in [1.165, 1.54) is 23.5 Å². The van der Waals surface area contributed by atoms with Gasteiger partial charge in [-0.25, -0.2) is 13.4 Å². The van der Waals surface area contributed by atoms with Gasteiger partial charge in [0.05, 0.1) is 24.7 Å². The van der Waals surface area contributed by atoms with Gasteiger partial charge in [-0.2, -0.15) is 9.40 Å². The van der Waals surface area contributed by atoms with E-state index in [4.69, 9.17) is 4.74 Å². The molecule has 1 fully saturated rings. The molecule has 32 heavy (non-hydrogen) atoms. The summed E-state index contributed by atoms with van der Waals surface area (Å²) in [4.78, 5) is 17.3. The largest absolute Gasteiger partial charge is 0.495 e. The molecule has 1 N–H and O–H groups in total. The molecule has 3 heterocycles. The maximum absolute atomic E-state index is 13.4. The number of nitrogens with zero attached hydrogens (tertiary/aromatic N) is 4. The van der Waals surface area contributed by atoms with E-state index >= 15 is 0 Å². The average molecular weight is 458 g/mol. The van der Waals surface area contributed by atoms with E-state index in [1.807, 2.05) is 20.9 Å². The minimum absolute atomic E-state index is 0.00178. The fraction of sp³-hybridized carbons (Fsp3) is 0.409. The molecule has 9 nitrogen and oxygen atoms in total. The monoisotopic (exact) mass is 457 g/mol. The Kier molecular flexibility index (Phi) is 5.91. The van der Waals surface area contributed by atoms with Gasteiger partial charge in [0, 0.05) is 30.6 Å². The molecule has 1 aliphatic heterocycles. The second kappa shape index (κ2) is 8.51. The maximum Gasteiger partial charge on any atom is 0.255 e. The quantitative estimate of drug-likeness (QED) is 0.631. The van der Waals surface area contributed by atoms with Crippen molar-refractivity contribution in [3.63, 3.8) is 0 Å². The summed E-state index contributed by atoms with van der Waals surface area (Å²) >= 11 is 0. The van der Waals surface area contributed by atoms with Crippen LogP contribution in [0, 0.1) is 6.92 Å². The zero-order chi connectivity index (χ0) is 23.0. The first-order chi connectivity index (χ1) is 15.2. The second-order valence-electron chi connectivity index (χ2n) is 8.08. The molecule has 1 aliphatic rings. The third-order valence-electron chi connectivity index (χ3n) is 5.88. The molecule has 2 aromatic heterocycles. The smallest absolute Gasteiger partial charge is 0.255 e. The van der Waals surface area contributed by atoms with Crippen LogP contribution >= 0.6 is 0 Å². The molecule has 0 bridgehead atoms. The van der Waals surface area contributed by atoms with E-state index in [9.17, 15) is 13.2 Å². The fourth-order valence-corrected chi connectivity index (χ4v) is 6.04. The Morgan fingerprint density at radius 3 is 2.75 bits per heavy atom. The van der Waals surface area contributed by atoms with Crippen molar-refractivity contribution in [3.05, 3.63) is 41.7 Å². The molecule has 0 unspecified atom stereocenters. The normalized spacial score (nSPS) is 17.4. The topological polar surface area (TPSA) is 106 Å². The van der Waals surface area contributed by atoms with Crippen LogP contribution in [0.5, 0.6) is 5.75 Å². The Morgan fingerprint density at radius 1 is 1.25 bits per heavy atom. The summed E-state index contributed by atoms with van der Waals surface area (Å²) in [5.74, 6) is -0.216. The number of nitrogens with one attached hydrogen (secondary N) is 1. The molecule has 1 atom stereocenters. The Hall–Kier alpha value is -2.98. The van der Waals surface area contributed by atoms with Crippen molar-refractivity contribution in [1.29, 1.82) is 0 Å². The van der Waals surface area contributed by atoms with Gasteiger partial charge in [0.1, 0.15) is 10.6 Å². The van der Waals surface area contributed by atoms with Gasteiger partial charge in [0.15, 0.2) is 5.65 Å². The first-order valence-electron chi connectivity index (χ1n) is 10.5. The van der Waals surface area contributed by atoms with Crippen LogP contribution in [0.1, 0.15) is 42.2 Å². The van der Waals surface area contributed by atoms with Crippen molar-refractivity contribution in [2.24, 2.45) is 7.05 Å². The number of methoxy groups -OCH3 is 1. The Morgan fingerprint density at radius 2 is 2.03 bits per heavy atom. The molecular formula is C22H27N5O4S. The van der Waals surface area contributed by atoms with Gasteiger partial charge < -0.3 is 10.1 Å². The van der Waals surface area contributed by atoms with Gasteiger partial charge in [0.25, 0.3) is 5.91 Å². The van der Waals surface area contributed by atoms with Gasteiger partial charge in [-0.3, -0.25) is 9.48 Å². The molecule has 0 aliphatic carbocycles. The average Bonchev–Trinajstić information content (AvgIpc) is 3.06. The first kappa shape index (κ1) is 22.2. The van der Waals surface area contributed by atoms with Crippen LogP contribution in [0.3, 0.4) is 0 Å². The lowest BCUT2D eigenvalue weighted by molar-refractivity contribution is 0.102. The summed E-state index contributed by atoms with van der Waals surface area (Å²) in [7, 11) is -0.579. The summed E-state index contributed by atoms with van der Waals surface area (Å²) in [5, 5.41) is 7.97. The van der Waals surface area contributed by atoms with Crippen LogP contribution < -0.4 is 10.1 Å². The lowest BCUT2D eigenvalue weighted by Gasteiger charge is -2.32. The molecule has 0 radical (unpaired) electrons. The van der Waals surface area contributed by atoms with E-state index in [0.717, 1.165) is 30.3 Å². The molecule has 4 rings (SSSR count). The molecule has 1 saturated heterocycles. The van der Waals surface area contributed by atoms with Crippen LogP contribution in [0.15, 0.2) is 35.4 Å². The number of amides is 1. The van der Waals surface area contributed by atoms with Crippen molar-refractivity contribution >= 4 is 32.7 Å². The Bertz CT molecular complexity index is 1280. The number of ether oxygens (including phenoxy) is 1. The number of aryl methyl sites for hydroxylation is 2. The van der Waals surface area contributed by atoms with E-state index in [1.54, 1.807) is 23.0 Å². The highest BCUT2D eigenvalue weighted by atomic mass is 32.2. The van der Waals surface area contributed by atoms with Crippen molar-refractivity contribution in [2.75, 3.05) is 19.0 Å². The molecule has 1 aromatic carbocycles. The lowest BCUT2D eigenvalue weighted by atomic mass is 10.1. The van der Waals surface area contributed by atoms with E-state index in [-0.39, 0.29) is 22.3 Å². The highest BCUT2D eigenvalue weighted by Crippen LogP contribution is 2.32. The minimum Gasteiger partial charge on any atom is -0.495 e. The van der Waals surface area contributed by atoms with Crippen molar-refractivity contribution < 1.29 is 17.9 Å². The summed E-state index contributed by atoms with van der Waals surface area (Å²) in [5.41, 5.74) is 2.24. The summed E-state index contributed by atoms with van der Waals surface area (Å²) in [6.45, 7) is 4.24. The number of aromatic nitrogens is 3. The van der Waals surface area contributed by atoms with Crippen LogP contribution in [0.2, 0.25) is 0 Å². The maximum atomic E-state index is 13.4. The predicted octanol–water partition coefficient (Wildman–Crippen LogP) is 3.10. The zero-order valence-corrected chi connectivity index (χ0v) is 19.4. The summed E-state index contributed by atoms with van der Waals surface area (Å²) in [6.07, 6.45) is 4.18. The van der Waals surface area contributed by atoms with Crippen LogP contribution in [-0.2, 0) is 17.1 Å². The first-order valence-corrected chi connectivity index (χ1v) is 12.0. The highest BCUT2D eigenvalue weighted by Gasteiger charge is 2.33. The summed E-state index contributed by atoms with van der Waals surface area (Å²) in [6, 6.07) is 6.15. The zero-order valence-electron chi connectivity index (χ0n) is 18.6. The predicted molar refractivity (Wildman–Crippen MR) is 121 cm³/mol. The van der Waals surface area contributed by atoms with Gasteiger partial charge in [0.2, 0.25) is 10.0 Å². The van der Waals surface area contributed by atoms with Crippen LogP contribution in [0.25, 0.3) is 11.0 Å². The second-order valence-corrected chi connectivity index (χ2v) is 9.94. The number of carbonyl (C=O) groups is 1. The summed E-state index contributed by atoms with van der Waals surface area (Å²) < 4.78 is 35.3. The number of hydrogen-bond donors (Lipinski definition) is 1. The van der Waals surface area contributed by atoms with Crippen molar-refractivity contribution in [2.45, 2.75) is 44.0 Å². The number of benzene rings is 1. The number of piperidine rings is 1. The van der Waals surface area contributed by atoms with Gasteiger partial charge in [-0.05, 0) is 51.0 Å². The van der Waals surface area contributed by atoms with E-state index in [0.29, 0.717) is 17.9 Å². The number of sulfonamides is 1. The molecule has 170 valence electrons. The van der Waals surface area contributed by atoms with Crippen LogP contribution in [-0.4, -0.2) is 53.1 Å². The van der Waals surface area contributed by atoms with Crippen LogP contribution in [0.4, 0.5) is 5.69 Å². The Labute approximate surface area is 187 Å². The Balaban J connectivity index is 1.66. The molecule has 10 heteroatoms. The third-order valence-corrected chi connectivity index (χ3v) is 7.91. The molecule has 0 spiro atoms. The fourth-order valence-electron chi connectivity index (χ4n) is 4.15. The molecular weight excluding hydrogens is 430 g/mol. The van der Waals surface area contributed by atoms with E-state index in [2.05, 4.69) is 15.4 Å². The third kappa shape index (κ3) is 3.95. The SMILES string of the molecule is COc1ccc(C(=O)Nc2cnc3c(c2)c(C)nn3C)cc1S(=O)(=O)N1CCCC[C@@H]1C. The van der Waals surface area contributed by atoms with Gasteiger partial charge in [-0.1, -0.05) is 6.42 Å². The molecule has 1 amide bonds. The standard InChI is InChI=1S/C22H27N5O4S/c1-14-7-5-6-10-27(14)32(29,30)20-11-16(8-9-19(20)31-4)22(28)24-17-12-18-15(2)25-26(3)21(18)23-13-17/h8-9,11-14H,5-7,10H2,1-4H3,(H,24,28)/t14-/m0/s1. The van der Waals surface area contributed by atoms with Gasteiger partial charge >= 0.3 is 0 Å². The van der Waals surface area contributed by atoms with Crippen molar-refractivity contribution in [3.8, 4) is 5.75 Å². The number of fused-ring (bicyclic) bond motifs is 1. The molecule has 3 aromatic rings. The number of hydrogen-bond acceptors (Lipinski definition) is 6.